The van der Waals surface area contributed by atoms with Crippen LogP contribution in [0.25, 0.3) is 0 Å². The Labute approximate surface area is 180 Å². The molecule has 1 rings (SSSR count). The first-order chi connectivity index (χ1) is 13.5. The molecule has 0 aliphatic heterocycles. The maximum absolute atomic E-state index is 12.1. The highest BCUT2D eigenvalue weighted by Gasteiger charge is 2.30. The van der Waals surface area contributed by atoms with Crippen molar-refractivity contribution in [2.24, 2.45) is 0 Å². The Morgan fingerprint density at radius 1 is 0.967 bits per heavy atom. The summed E-state index contributed by atoms with van der Waals surface area (Å²) in [7, 11) is 0. The van der Waals surface area contributed by atoms with Gasteiger partial charge in [0.2, 0.25) is 10.9 Å². The number of phenols is 1. The number of esters is 1. The fourth-order valence-corrected chi connectivity index (χ4v) is 3.35. The van der Waals surface area contributed by atoms with Gasteiger partial charge < -0.3 is 25.2 Å². The van der Waals surface area contributed by atoms with Crippen molar-refractivity contribution in [1.82, 2.24) is 0 Å². The molecular weight excluding hydrogens is 412 g/mol. The fourth-order valence-electron chi connectivity index (χ4n) is 2.72. The molecule has 0 fully saturated rings. The number of thioether (sulfide) groups is 1. The summed E-state index contributed by atoms with van der Waals surface area (Å²) in [6, 6.07) is 3.63. The lowest BCUT2D eigenvalue weighted by atomic mass is 9.78. The summed E-state index contributed by atoms with van der Waals surface area (Å²) < 4.78 is 4.83. The van der Waals surface area contributed by atoms with Gasteiger partial charge in [-0.25, -0.2) is 9.59 Å². The molecule has 0 radical (unpaired) electrons. The van der Waals surface area contributed by atoms with Gasteiger partial charge in [0, 0.05) is 6.42 Å². The number of carbonyl (C=O) groups excluding carboxylic acids is 1. The number of aromatic hydroxyl groups is 1. The van der Waals surface area contributed by atoms with Gasteiger partial charge in [0.15, 0.2) is 0 Å². The van der Waals surface area contributed by atoms with Gasteiger partial charge in [-0.2, -0.15) is 0 Å². The van der Waals surface area contributed by atoms with Crippen LogP contribution >= 0.6 is 11.8 Å². The van der Waals surface area contributed by atoms with Gasteiger partial charge in [-0.15, -0.1) is 0 Å². The van der Waals surface area contributed by atoms with Crippen molar-refractivity contribution < 1.29 is 39.5 Å². The molecule has 4 N–H and O–H groups in total. The first kappa shape index (κ1) is 25.8. The molecule has 0 bridgehead atoms. The largest absolute Gasteiger partial charge is 0.507 e. The number of aryl methyl sites for hydroxylation is 1. The molecule has 0 aromatic heterocycles. The monoisotopic (exact) mass is 442 g/mol. The van der Waals surface area contributed by atoms with E-state index in [1.165, 1.54) is 0 Å². The number of aliphatic carboxylic acids is 2. The fraction of sp³-hybridized carbons (Fsp3) is 0.571. The molecule has 0 aliphatic rings. The highest BCUT2D eigenvalue weighted by molar-refractivity contribution is 8.01. The number of rotatable bonds is 8. The SMILES string of the molecule is CC(C)(C)c1cc(CCC(=O)OC(SC(O)C(=O)O)C(=O)O)cc(C(C)(C)C)c1O. The molecule has 2 atom stereocenters. The molecule has 0 spiro atoms. The van der Waals surface area contributed by atoms with Crippen LogP contribution in [-0.4, -0.2) is 49.2 Å². The Hall–Kier alpha value is -2.26. The Bertz CT molecular complexity index is 769. The molecule has 168 valence electrons. The van der Waals surface area contributed by atoms with E-state index in [4.69, 9.17) is 14.9 Å². The van der Waals surface area contributed by atoms with E-state index in [9.17, 15) is 24.6 Å². The summed E-state index contributed by atoms with van der Waals surface area (Å²) in [5.74, 6) is -3.82. The van der Waals surface area contributed by atoms with Gasteiger partial charge in [-0.1, -0.05) is 65.4 Å². The molecular formula is C21H30O8S. The number of phenolic OH excluding ortho intramolecular Hbond substituents is 1. The Morgan fingerprint density at radius 2 is 1.43 bits per heavy atom. The zero-order valence-electron chi connectivity index (χ0n) is 18.1. The number of benzene rings is 1. The molecule has 30 heavy (non-hydrogen) atoms. The van der Waals surface area contributed by atoms with Gasteiger partial charge in [0.05, 0.1) is 0 Å². The van der Waals surface area contributed by atoms with E-state index in [1.807, 2.05) is 53.7 Å². The van der Waals surface area contributed by atoms with Crippen LogP contribution < -0.4 is 0 Å². The molecule has 0 amide bonds. The van der Waals surface area contributed by atoms with E-state index in [-0.39, 0.29) is 41.2 Å². The summed E-state index contributed by atoms with van der Waals surface area (Å²) in [6.07, 6.45) is 0.0925. The lowest BCUT2D eigenvalue weighted by molar-refractivity contribution is -0.157. The van der Waals surface area contributed by atoms with Gasteiger partial charge in [0.1, 0.15) is 5.75 Å². The smallest absolute Gasteiger partial charge is 0.355 e. The predicted octanol–water partition coefficient (Wildman–Crippen LogP) is 3.01. The minimum Gasteiger partial charge on any atom is -0.507 e. The van der Waals surface area contributed by atoms with Crippen molar-refractivity contribution in [2.45, 2.75) is 76.1 Å². The second-order valence-corrected chi connectivity index (χ2v) is 10.2. The van der Waals surface area contributed by atoms with Crippen molar-refractivity contribution in [1.29, 1.82) is 0 Å². The maximum Gasteiger partial charge on any atom is 0.355 e. The van der Waals surface area contributed by atoms with E-state index in [1.54, 1.807) is 0 Å². The van der Waals surface area contributed by atoms with Gasteiger partial charge >= 0.3 is 17.9 Å². The van der Waals surface area contributed by atoms with Crippen LogP contribution in [-0.2, 0) is 36.4 Å². The van der Waals surface area contributed by atoms with Crippen molar-refractivity contribution in [3.05, 3.63) is 28.8 Å². The van der Waals surface area contributed by atoms with Crippen LogP contribution in [0.2, 0.25) is 0 Å². The molecule has 0 heterocycles. The zero-order valence-corrected chi connectivity index (χ0v) is 18.9. The lowest BCUT2D eigenvalue weighted by Crippen LogP contribution is -2.29. The number of carboxylic acids is 2. The summed E-state index contributed by atoms with van der Waals surface area (Å²) in [5, 5.41) is 37.8. The zero-order chi connectivity index (χ0) is 23.4. The highest BCUT2D eigenvalue weighted by atomic mass is 32.2. The van der Waals surface area contributed by atoms with Crippen molar-refractivity contribution in [3.8, 4) is 5.75 Å². The van der Waals surface area contributed by atoms with Crippen molar-refractivity contribution in [3.63, 3.8) is 0 Å². The minimum absolute atomic E-state index is 0.105. The average Bonchev–Trinajstić information content (AvgIpc) is 2.57. The van der Waals surface area contributed by atoms with Crippen LogP contribution in [0, 0.1) is 0 Å². The number of hydrogen-bond donors (Lipinski definition) is 4. The van der Waals surface area contributed by atoms with Crippen LogP contribution in [0.3, 0.4) is 0 Å². The van der Waals surface area contributed by atoms with Crippen LogP contribution in [0.1, 0.15) is 64.7 Å². The molecule has 0 saturated carbocycles. The maximum atomic E-state index is 12.1. The summed E-state index contributed by atoms with van der Waals surface area (Å²) in [5.41, 5.74) is -2.27. The normalized spacial score (nSPS) is 14.1. The quantitative estimate of drug-likeness (QED) is 0.353. The van der Waals surface area contributed by atoms with Crippen molar-refractivity contribution in [2.75, 3.05) is 0 Å². The first-order valence-corrected chi connectivity index (χ1v) is 10.3. The predicted molar refractivity (Wildman–Crippen MR) is 113 cm³/mol. The third kappa shape index (κ3) is 7.21. The highest BCUT2D eigenvalue weighted by Crippen LogP contribution is 2.40. The van der Waals surface area contributed by atoms with E-state index in [0.29, 0.717) is 0 Å². The standard InChI is InChI=1S/C21H30O8S/c1-20(2,3)12-9-11(10-13(15(12)23)21(4,5)6)7-8-14(22)29-19(17(26)27)30-18(28)16(24)25/h9-10,18-19,23,28H,7-8H2,1-6H3,(H,24,25)(H,26,27). The first-order valence-electron chi connectivity index (χ1n) is 9.39. The lowest BCUT2D eigenvalue weighted by Gasteiger charge is -2.28. The summed E-state index contributed by atoms with van der Waals surface area (Å²) in [4.78, 5) is 34.0. The van der Waals surface area contributed by atoms with Crippen LogP contribution in [0.5, 0.6) is 5.75 Å². The van der Waals surface area contributed by atoms with Crippen LogP contribution in [0.4, 0.5) is 0 Å². The third-order valence-corrected chi connectivity index (χ3v) is 5.31. The topological polar surface area (TPSA) is 141 Å². The van der Waals surface area contributed by atoms with Gasteiger partial charge in [-0.05, 0) is 33.9 Å². The van der Waals surface area contributed by atoms with Gasteiger partial charge in [-0.3, -0.25) is 4.79 Å². The minimum atomic E-state index is -2.03. The molecule has 2 unspecified atom stereocenters. The van der Waals surface area contributed by atoms with Gasteiger partial charge in [0.25, 0.3) is 0 Å². The van der Waals surface area contributed by atoms with E-state index >= 15 is 0 Å². The number of ether oxygens (including phenoxy) is 1. The Balaban J connectivity index is 3.01. The molecule has 1 aromatic rings. The van der Waals surface area contributed by atoms with E-state index in [2.05, 4.69) is 0 Å². The van der Waals surface area contributed by atoms with Crippen LogP contribution in [0.15, 0.2) is 12.1 Å². The number of aliphatic hydroxyl groups excluding tert-OH is 1. The Morgan fingerprint density at radius 3 is 1.80 bits per heavy atom. The molecule has 0 aliphatic carbocycles. The second-order valence-electron chi connectivity index (χ2n) is 9.03. The number of hydrogen-bond acceptors (Lipinski definition) is 7. The van der Waals surface area contributed by atoms with Crippen molar-refractivity contribution >= 4 is 29.7 Å². The number of carbonyl (C=O) groups is 3. The molecule has 8 nitrogen and oxygen atoms in total. The van der Waals surface area contributed by atoms with E-state index in [0.717, 1.165) is 16.7 Å². The summed E-state index contributed by atoms with van der Waals surface area (Å²) in [6.45, 7) is 11.8. The van der Waals surface area contributed by atoms with E-state index < -0.39 is 28.8 Å². The Kier molecular flexibility index (Phi) is 8.33. The third-order valence-electron chi connectivity index (χ3n) is 4.31. The number of carboxylic acid groups (broad SMARTS) is 2. The molecule has 9 heteroatoms. The molecule has 1 aromatic carbocycles. The molecule has 0 saturated heterocycles. The number of aliphatic hydroxyl groups is 1. The average molecular weight is 443 g/mol. The summed E-state index contributed by atoms with van der Waals surface area (Å²) >= 11 is 0.105. The second kappa shape index (κ2) is 9.70.